The molecule has 3 heteroatoms. The average Bonchev–Trinajstić information content (AvgIpc) is 2.30. The predicted molar refractivity (Wildman–Crippen MR) is 48.8 cm³/mol. The Morgan fingerprint density at radius 1 is 1.64 bits per heavy atom. The second-order valence-corrected chi connectivity index (χ2v) is 3.00. The van der Waals surface area contributed by atoms with Crippen LogP contribution in [0.5, 0.6) is 0 Å². The van der Waals surface area contributed by atoms with E-state index in [4.69, 9.17) is 4.52 Å². The Bertz CT molecular complexity index is 258. The first-order chi connectivity index (χ1) is 5.16. The molecule has 0 spiro atoms. The van der Waals surface area contributed by atoms with Crippen LogP contribution in [0, 0.1) is 13.8 Å². The first-order valence-corrected chi connectivity index (χ1v) is 4.46. The summed E-state index contributed by atoms with van der Waals surface area (Å²) < 4.78 is 4.99. The summed E-state index contributed by atoms with van der Waals surface area (Å²) in [6.45, 7) is 7.70. The van der Waals surface area contributed by atoms with Crippen molar-refractivity contribution in [1.82, 2.24) is 5.16 Å². The van der Waals surface area contributed by atoms with Crippen molar-refractivity contribution in [2.24, 2.45) is 0 Å². The van der Waals surface area contributed by atoms with Crippen molar-refractivity contribution in [2.45, 2.75) is 13.8 Å². The summed E-state index contributed by atoms with van der Waals surface area (Å²) in [5, 5.41) is 4.59. The number of hydrogen-bond acceptors (Lipinski definition) is 2. The number of alkyl halides is 1. The molecular formula is C8H10BrNO. The van der Waals surface area contributed by atoms with Gasteiger partial charge in [-0.15, -0.1) is 0 Å². The van der Waals surface area contributed by atoms with E-state index in [1.807, 2.05) is 13.8 Å². The summed E-state index contributed by atoms with van der Waals surface area (Å²) in [4.78, 5) is 0. The van der Waals surface area contributed by atoms with Gasteiger partial charge in [0.05, 0.1) is 5.69 Å². The lowest BCUT2D eigenvalue weighted by Gasteiger charge is -1.97. The Kier molecular flexibility index (Phi) is 2.49. The molecule has 1 aromatic heterocycles. The highest BCUT2D eigenvalue weighted by Gasteiger charge is 2.10. The van der Waals surface area contributed by atoms with E-state index in [1.165, 1.54) is 0 Å². The molecule has 0 saturated carbocycles. The summed E-state index contributed by atoms with van der Waals surface area (Å²) in [7, 11) is 0. The lowest BCUT2D eigenvalue weighted by molar-refractivity contribution is 0.393. The molecule has 0 N–H and O–H groups in total. The van der Waals surface area contributed by atoms with E-state index in [0.717, 1.165) is 27.9 Å². The van der Waals surface area contributed by atoms with Crippen LogP contribution >= 0.6 is 15.9 Å². The van der Waals surface area contributed by atoms with Gasteiger partial charge >= 0.3 is 0 Å². The van der Waals surface area contributed by atoms with Crippen LogP contribution in [0.15, 0.2) is 11.1 Å². The molecule has 11 heavy (non-hydrogen) atoms. The number of aromatic nitrogens is 1. The highest BCUT2D eigenvalue weighted by molar-refractivity contribution is 9.09. The summed E-state index contributed by atoms with van der Waals surface area (Å²) >= 11 is 3.34. The van der Waals surface area contributed by atoms with Crippen LogP contribution in [0.2, 0.25) is 0 Å². The van der Waals surface area contributed by atoms with Crippen LogP contribution < -0.4 is 0 Å². The first-order valence-electron chi connectivity index (χ1n) is 3.33. The van der Waals surface area contributed by atoms with E-state index in [0.29, 0.717) is 0 Å². The molecule has 0 bridgehead atoms. The number of nitrogens with zero attached hydrogens (tertiary/aromatic N) is 1. The predicted octanol–water partition coefficient (Wildman–Crippen LogP) is 2.70. The Labute approximate surface area is 74.4 Å². The molecule has 0 atom stereocenters. The van der Waals surface area contributed by atoms with Gasteiger partial charge in [-0.25, -0.2) is 0 Å². The lowest BCUT2D eigenvalue weighted by Crippen LogP contribution is -1.86. The zero-order chi connectivity index (χ0) is 8.43. The van der Waals surface area contributed by atoms with Gasteiger partial charge in [0.25, 0.3) is 0 Å². The molecule has 0 unspecified atom stereocenters. The standard InChI is InChI=1S/C8H10BrNO/c1-5(4-9)8-6(2)10-11-7(8)3/h1,4H2,2-3H3. The van der Waals surface area contributed by atoms with Crippen molar-refractivity contribution < 1.29 is 4.52 Å². The number of aryl methyl sites for hydroxylation is 2. The maximum atomic E-state index is 4.99. The van der Waals surface area contributed by atoms with E-state index in [1.54, 1.807) is 0 Å². The Morgan fingerprint density at radius 2 is 2.27 bits per heavy atom. The van der Waals surface area contributed by atoms with Gasteiger partial charge in [0.15, 0.2) is 0 Å². The molecule has 60 valence electrons. The molecule has 0 aliphatic rings. The van der Waals surface area contributed by atoms with Gasteiger partial charge in [0.1, 0.15) is 5.76 Å². The van der Waals surface area contributed by atoms with E-state index >= 15 is 0 Å². The Hall–Kier alpha value is -0.570. The molecule has 0 aliphatic carbocycles. The van der Waals surface area contributed by atoms with Gasteiger partial charge in [-0.2, -0.15) is 0 Å². The van der Waals surface area contributed by atoms with E-state index < -0.39 is 0 Å². The molecule has 0 saturated heterocycles. The van der Waals surface area contributed by atoms with Gasteiger partial charge in [0, 0.05) is 10.9 Å². The second kappa shape index (κ2) is 3.22. The molecule has 1 heterocycles. The third kappa shape index (κ3) is 1.53. The van der Waals surface area contributed by atoms with Gasteiger partial charge in [0.2, 0.25) is 0 Å². The van der Waals surface area contributed by atoms with Crippen LogP contribution in [0.3, 0.4) is 0 Å². The van der Waals surface area contributed by atoms with Crippen LogP contribution in [0.4, 0.5) is 0 Å². The zero-order valence-electron chi connectivity index (χ0n) is 6.65. The first kappa shape index (κ1) is 8.53. The smallest absolute Gasteiger partial charge is 0.141 e. The van der Waals surface area contributed by atoms with Crippen LogP contribution in [-0.2, 0) is 0 Å². The number of allylic oxidation sites excluding steroid dienone is 1. The van der Waals surface area contributed by atoms with E-state index in [9.17, 15) is 0 Å². The fourth-order valence-electron chi connectivity index (χ4n) is 1.05. The zero-order valence-corrected chi connectivity index (χ0v) is 8.23. The SMILES string of the molecule is C=C(CBr)c1c(C)noc1C. The fraction of sp³-hybridized carbons (Fsp3) is 0.375. The largest absolute Gasteiger partial charge is 0.361 e. The molecule has 1 rings (SSSR count). The number of rotatable bonds is 2. The summed E-state index contributed by atoms with van der Waals surface area (Å²) in [5.74, 6) is 0.840. The van der Waals surface area contributed by atoms with Gasteiger partial charge in [-0.1, -0.05) is 27.7 Å². The van der Waals surface area contributed by atoms with E-state index in [2.05, 4.69) is 27.7 Å². The minimum absolute atomic E-state index is 0.760. The number of hydrogen-bond donors (Lipinski definition) is 0. The Balaban J connectivity index is 3.10. The average molecular weight is 216 g/mol. The topological polar surface area (TPSA) is 26.0 Å². The van der Waals surface area contributed by atoms with Crippen molar-refractivity contribution in [3.63, 3.8) is 0 Å². The van der Waals surface area contributed by atoms with Gasteiger partial charge < -0.3 is 4.52 Å². The highest BCUT2D eigenvalue weighted by Crippen LogP contribution is 2.21. The van der Waals surface area contributed by atoms with Crippen molar-refractivity contribution in [3.8, 4) is 0 Å². The normalized spacial score (nSPS) is 10.1. The maximum Gasteiger partial charge on any atom is 0.141 e. The quantitative estimate of drug-likeness (QED) is 0.710. The lowest BCUT2D eigenvalue weighted by atomic mass is 10.1. The fourth-order valence-corrected chi connectivity index (χ4v) is 1.33. The second-order valence-electron chi connectivity index (χ2n) is 2.44. The molecule has 2 nitrogen and oxygen atoms in total. The third-order valence-corrected chi connectivity index (χ3v) is 2.23. The summed E-state index contributed by atoms with van der Waals surface area (Å²) in [5.41, 5.74) is 2.97. The molecule has 0 radical (unpaired) electrons. The summed E-state index contributed by atoms with van der Waals surface area (Å²) in [6.07, 6.45) is 0. The minimum atomic E-state index is 0.760. The molecule has 0 fully saturated rings. The molecule has 0 amide bonds. The molecule has 1 aromatic rings. The van der Waals surface area contributed by atoms with Crippen LogP contribution in [0.25, 0.3) is 5.57 Å². The molecular weight excluding hydrogens is 206 g/mol. The van der Waals surface area contributed by atoms with Crippen LogP contribution in [-0.4, -0.2) is 10.5 Å². The monoisotopic (exact) mass is 215 g/mol. The highest BCUT2D eigenvalue weighted by atomic mass is 79.9. The number of halogens is 1. The van der Waals surface area contributed by atoms with Crippen molar-refractivity contribution in [1.29, 1.82) is 0 Å². The minimum Gasteiger partial charge on any atom is -0.361 e. The summed E-state index contributed by atoms with van der Waals surface area (Å²) in [6, 6.07) is 0. The van der Waals surface area contributed by atoms with Crippen molar-refractivity contribution in [2.75, 3.05) is 5.33 Å². The van der Waals surface area contributed by atoms with Crippen LogP contribution in [0.1, 0.15) is 17.0 Å². The molecule has 0 aliphatic heterocycles. The van der Waals surface area contributed by atoms with Crippen molar-refractivity contribution >= 4 is 21.5 Å². The maximum absolute atomic E-state index is 4.99. The van der Waals surface area contributed by atoms with E-state index in [-0.39, 0.29) is 0 Å². The van der Waals surface area contributed by atoms with Crippen molar-refractivity contribution in [3.05, 3.63) is 23.6 Å². The van der Waals surface area contributed by atoms with Gasteiger partial charge in [-0.3, -0.25) is 0 Å². The third-order valence-electron chi connectivity index (χ3n) is 1.55. The molecule has 0 aromatic carbocycles. The van der Waals surface area contributed by atoms with Gasteiger partial charge in [-0.05, 0) is 19.4 Å². The Morgan fingerprint density at radius 3 is 2.64 bits per heavy atom.